The van der Waals surface area contributed by atoms with E-state index in [1.165, 1.54) is 12.1 Å². The lowest BCUT2D eigenvalue weighted by Crippen LogP contribution is -2.45. The number of anilines is 2. The van der Waals surface area contributed by atoms with Gasteiger partial charge in [0.05, 0.1) is 12.8 Å². The molecule has 9 nitrogen and oxygen atoms in total. The van der Waals surface area contributed by atoms with Gasteiger partial charge in [0.15, 0.2) is 11.6 Å². The number of carbonyl (C=O) groups is 3. The molecule has 0 aliphatic rings. The predicted octanol–water partition coefficient (Wildman–Crippen LogP) is 4.99. The summed E-state index contributed by atoms with van der Waals surface area (Å²) in [6, 6.07) is 16.6. The van der Waals surface area contributed by atoms with Gasteiger partial charge in [-0.1, -0.05) is 43.7 Å². The topological polar surface area (TPSA) is 129 Å². The second-order valence-corrected chi connectivity index (χ2v) is 8.75. The van der Waals surface area contributed by atoms with E-state index < -0.39 is 29.8 Å². The van der Waals surface area contributed by atoms with Crippen molar-refractivity contribution in [3.63, 3.8) is 0 Å². The summed E-state index contributed by atoms with van der Waals surface area (Å²) >= 11 is 0. The van der Waals surface area contributed by atoms with Gasteiger partial charge in [0.1, 0.15) is 18.4 Å². The molecule has 206 valence electrons. The number of unbranched alkanes of at least 4 members (excludes halogenated alkanes) is 1. The SMILES string of the molecule is CCCCC(=O)Oc1c(F)cccc1NC(=O)[C@H](Cc1ccc(N)cc1)NC(=O)OCc1ccc(OC)cc1. The summed E-state index contributed by atoms with van der Waals surface area (Å²) in [6.07, 6.45) is 0.723. The maximum atomic E-state index is 14.6. The van der Waals surface area contributed by atoms with Crippen molar-refractivity contribution < 1.29 is 33.0 Å². The molecule has 3 rings (SSSR count). The third-order valence-electron chi connectivity index (χ3n) is 5.73. The standard InChI is InChI=1S/C29H32FN3O6/c1-3-4-8-26(34)39-27-23(30)6-5-7-24(27)32-28(35)25(17-19-9-13-21(31)14-10-19)33-29(36)38-18-20-11-15-22(37-2)16-12-20/h5-7,9-16,25H,3-4,8,17-18,31H2,1-2H3,(H,32,35)(H,33,36)/t25-/m0/s1. The molecule has 0 fully saturated rings. The van der Waals surface area contributed by atoms with Crippen LogP contribution in [0.25, 0.3) is 0 Å². The van der Waals surface area contributed by atoms with E-state index in [0.29, 0.717) is 23.4 Å². The summed E-state index contributed by atoms with van der Waals surface area (Å²) in [5.41, 5.74) is 7.70. The van der Waals surface area contributed by atoms with Gasteiger partial charge in [-0.2, -0.15) is 0 Å². The monoisotopic (exact) mass is 537 g/mol. The number of methoxy groups -OCH3 is 1. The Hall–Kier alpha value is -4.60. The third-order valence-corrected chi connectivity index (χ3v) is 5.73. The first-order valence-corrected chi connectivity index (χ1v) is 12.5. The molecule has 0 radical (unpaired) electrons. The van der Waals surface area contributed by atoms with Crippen molar-refractivity contribution in [2.45, 2.75) is 45.3 Å². The van der Waals surface area contributed by atoms with Crippen molar-refractivity contribution in [2.75, 3.05) is 18.2 Å². The van der Waals surface area contributed by atoms with Gasteiger partial charge < -0.3 is 30.6 Å². The van der Waals surface area contributed by atoms with Crippen molar-refractivity contribution in [3.8, 4) is 11.5 Å². The Bertz CT molecular complexity index is 1270. The number of amides is 2. The molecule has 0 saturated heterocycles. The molecule has 3 aromatic carbocycles. The van der Waals surface area contributed by atoms with E-state index in [1.54, 1.807) is 55.6 Å². The zero-order valence-corrected chi connectivity index (χ0v) is 21.9. The first-order valence-electron chi connectivity index (χ1n) is 12.5. The smallest absolute Gasteiger partial charge is 0.408 e. The van der Waals surface area contributed by atoms with E-state index >= 15 is 0 Å². The number of hydrogen-bond donors (Lipinski definition) is 3. The fraction of sp³-hybridized carbons (Fsp3) is 0.276. The molecule has 3 aromatic rings. The van der Waals surface area contributed by atoms with Crippen LogP contribution in [-0.2, 0) is 27.4 Å². The number of nitrogen functional groups attached to an aromatic ring is 1. The largest absolute Gasteiger partial charge is 0.497 e. The average Bonchev–Trinajstić information content (AvgIpc) is 2.93. The molecule has 0 spiro atoms. The summed E-state index contributed by atoms with van der Waals surface area (Å²) in [7, 11) is 1.55. The lowest BCUT2D eigenvalue weighted by molar-refractivity contribution is -0.134. The maximum absolute atomic E-state index is 14.6. The van der Waals surface area contributed by atoms with E-state index in [0.717, 1.165) is 18.1 Å². The van der Waals surface area contributed by atoms with Crippen LogP contribution in [0.3, 0.4) is 0 Å². The van der Waals surface area contributed by atoms with Crippen LogP contribution in [0.15, 0.2) is 66.7 Å². The number of ether oxygens (including phenoxy) is 3. The molecule has 2 amide bonds. The van der Waals surface area contributed by atoms with Gasteiger partial charge in [0.2, 0.25) is 5.91 Å². The summed E-state index contributed by atoms with van der Waals surface area (Å²) in [5, 5.41) is 5.14. The number of nitrogens with one attached hydrogen (secondary N) is 2. The second-order valence-electron chi connectivity index (χ2n) is 8.75. The maximum Gasteiger partial charge on any atom is 0.408 e. The van der Waals surface area contributed by atoms with Crippen LogP contribution in [0.4, 0.5) is 20.6 Å². The van der Waals surface area contributed by atoms with E-state index in [1.807, 2.05) is 6.92 Å². The average molecular weight is 538 g/mol. The fourth-order valence-electron chi connectivity index (χ4n) is 3.57. The number of alkyl carbamates (subject to hydrolysis) is 1. The number of halogens is 1. The Morgan fingerprint density at radius 3 is 2.33 bits per heavy atom. The highest BCUT2D eigenvalue weighted by Gasteiger charge is 2.25. The number of esters is 1. The van der Waals surface area contributed by atoms with Gasteiger partial charge in [0.25, 0.3) is 0 Å². The number of nitrogens with two attached hydrogens (primary N) is 1. The quantitative estimate of drug-likeness (QED) is 0.169. The number of para-hydroxylation sites is 1. The molecule has 0 heterocycles. The van der Waals surface area contributed by atoms with E-state index in [-0.39, 0.29) is 30.9 Å². The molecule has 0 saturated carbocycles. The van der Waals surface area contributed by atoms with Gasteiger partial charge in [-0.15, -0.1) is 0 Å². The van der Waals surface area contributed by atoms with Crippen LogP contribution < -0.4 is 25.8 Å². The summed E-state index contributed by atoms with van der Waals surface area (Å²) in [5.74, 6) is -1.81. The van der Waals surface area contributed by atoms with Gasteiger partial charge in [-0.25, -0.2) is 9.18 Å². The summed E-state index contributed by atoms with van der Waals surface area (Å²) < 4.78 is 30.2. The lowest BCUT2D eigenvalue weighted by Gasteiger charge is -2.20. The molecular weight excluding hydrogens is 505 g/mol. The molecule has 0 aliphatic carbocycles. The molecule has 0 bridgehead atoms. The third kappa shape index (κ3) is 9.03. The van der Waals surface area contributed by atoms with Crippen LogP contribution in [-0.4, -0.2) is 31.1 Å². The van der Waals surface area contributed by atoms with Crippen LogP contribution in [0, 0.1) is 5.82 Å². The zero-order chi connectivity index (χ0) is 28.2. The van der Waals surface area contributed by atoms with Gasteiger partial charge in [-0.05, 0) is 53.9 Å². The highest BCUT2D eigenvalue weighted by Crippen LogP contribution is 2.29. The predicted molar refractivity (Wildman–Crippen MR) is 145 cm³/mol. The first-order chi connectivity index (χ1) is 18.8. The minimum Gasteiger partial charge on any atom is -0.497 e. The van der Waals surface area contributed by atoms with Crippen LogP contribution in [0.1, 0.15) is 37.3 Å². The molecule has 10 heteroatoms. The lowest BCUT2D eigenvalue weighted by atomic mass is 10.0. The van der Waals surface area contributed by atoms with Crippen LogP contribution in [0.2, 0.25) is 0 Å². The van der Waals surface area contributed by atoms with Crippen LogP contribution in [0.5, 0.6) is 11.5 Å². The Labute approximate surface area is 226 Å². The summed E-state index contributed by atoms with van der Waals surface area (Å²) in [4.78, 5) is 38.1. The number of carbonyl (C=O) groups excluding carboxylic acids is 3. The van der Waals surface area contributed by atoms with Gasteiger partial charge in [0, 0.05) is 18.5 Å². The van der Waals surface area contributed by atoms with Crippen LogP contribution >= 0.6 is 0 Å². The highest BCUT2D eigenvalue weighted by molar-refractivity contribution is 5.98. The van der Waals surface area contributed by atoms with Gasteiger partial charge in [-0.3, -0.25) is 9.59 Å². The van der Waals surface area contributed by atoms with E-state index in [2.05, 4.69) is 10.6 Å². The molecule has 0 unspecified atom stereocenters. The molecule has 4 N–H and O–H groups in total. The van der Waals surface area contributed by atoms with Crippen molar-refractivity contribution in [2.24, 2.45) is 0 Å². The molecular formula is C29H32FN3O6. The second kappa shape index (κ2) is 14.4. The van der Waals surface area contributed by atoms with Gasteiger partial charge >= 0.3 is 12.1 Å². The Kier molecular flexibility index (Phi) is 10.7. The zero-order valence-electron chi connectivity index (χ0n) is 21.9. The first kappa shape index (κ1) is 29.0. The fourth-order valence-corrected chi connectivity index (χ4v) is 3.57. The van der Waals surface area contributed by atoms with Crippen molar-refractivity contribution in [1.29, 1.82) is 0 Å². The molecule has 39 heavy (non-hydrogen) atoms. The Balaban J connectivity index is 1.74. The summed E-state index contributed by atoms with van der Waals surface area (Å²) in [6.45, 7) is 1.88. The van der Waals surface area contributed by atoms with E-state index in [9.17, 15) is 18.8 Å². The Morgan fingerprint density at radius 1 is 0.974 bits per heavy atom. The van der Waals surface area contributed by atoms with Crippen molar-refractivity contribution >= 4 is 29.3 Å². The number of rotatable bonds is 12. The molecule has 1 atom stereocenters. The van der Waals surface area contributed by atoms with E-state index in [4.69, 9.17) is 19.9 Å². The van der Waals surface area contributed by atoms with Crippen molar-refractivity contribution in [1.82, 2.24) is 5.32 Å². The minimum atomic E-state index is -1.11. The Morgan fingerprint density at radius 2 is 1.67 bits per heavy atom. The van der Waals surface area contributed by atoms with Crippen molar-refractivity contribution in [3.05, 3.63) is 83.7 Å². The minimum absolute atomic E-state index is 0.0339. The number of hydrogen-bond acceptors (Lipinski definition) is 7. The molecule has 0 aliphatic heterocycles. The normalized spacial score (nSPS) is 11.3. The number of benzene rings is 3. The molecule has 0 aromatic heterocycles. The highest BCUT2D eigenvalue weighted by atomic mass is 19.1.